The zero-order chi connectivity index (χ0) is 26.7. The highest BCUT2D eigenvalue weighted by Crippen LogP contribution is 2.22. The number of carbonyl (C=O) groups excluding carboxylic acids is 2. The summed E-state index contributed by atoms with van der Waals surface area (Å²) >= 11 is 3.40. The van der Waals surface area contributed by atoms with Crippen molar-refractivity contribution in [3.05, 3.63) is 76.8 Å². The zero-order valence-electron chi connectivity index (χ0n) is 21.2. The molecule has 3 rings (SSSR count). The minimum absolute atomic E-state index is 0.106. The summed E-state index contributed by atoms with van der Waals surface area (Å²) in [5, 5.41) is 4.62. The van der Waals surface area contributed by atoms with E-state index in [0.717, 1.165) is 25.1 Å². The predicted molar refractivity (Wildman–Crippen MR) is 146 cm³/mol. The van der Waals surface area contributed by atoms with Crippen LogP contribution in [0.3, 0.4) is 0 Å². The van der Waals surface area contributed by atoms with Crippen molar-refractivity contribution in [1.29, 1.82) is 0 Å². The summed E-state index contributed by atoms with van der Waals surface area (Å²) in [7, 11) is -2.56. The molecular formula is C27H32BrN3O4S. The van der Waals surface area contributed by atoms with Crippen LogP contribution in [0.5, 0.6) is 0 Å². The number of benzene rings is 3. The van der Waals surface area contributed by atoms with Crippen molar-refractivity contribution in [3.8, 4) is 0 Å². The Morgan fingerprint density at radius 3 is 2.19 bits per heavy atom. The van der Waals surface area contributed by atoms with Crippen molar-refractivity contribution in [1.82, 2.24) is 14.5 Å². The summed E-state index contributed by atoms with van der Waals surface area (Å²) < 4.78 is 28.5. The molecule has 0 saturated carbocycles. The average Bonchev–Trinajstić information content (AvgIpc) is 2.81. The number of hydrogen-bond donors (Lipinski definition) is 1. The first kappa shape index (κ1) is 27.8. The SMILES string of the molecule is C[C@H](C(=O)NC(C)(C)C)N(Cc1ccc(Br)cc1)C(=O)CN(C)S(=O)(=O)c1ccc2ccccc2c1. The van der Waals surface area contributed by atoms with Crippen LogP contribution in [-0.2, 0) is 26.2 Å². The molecule has 0 heterocycles. The number of likely N-dealkylation sites (N-methyl/N-ethyl adjacent to an activating group) is 1. The molecule has 7 nitrogen and oxygen atoms in total. The third-order valence-corrected chi connectivity index (χ3v) is 8.05. The van der Waals surface area contributed by atoms with Crippen LogP contribution in [0.15, 0.2) is 76.1 Å². The van der Waals surface area contributed by atoms with Crippen molar-refractivity contribution in [2.24, 2.45) is 0 Å². The summed E-state index contributed by atoms with van der Waals surface area (Å²) in [5.74, 6) is -0.783. The number of nitrogens with zero attached hydrogens (tertiary/aromatic N) is 2. The first-order valence-corrected chi connectivity index (χ1v) is 13.8. The van der Waals surface area contributed by atoms with E-state index in [1.165, 1.54) is 18.0 Å². The molecule has 0 aliphatic rings. The predicted octanol–water partition coefficient (Wildman–Crippen LogP) is 4.55. The fourth-order valence-corrected chi connectivity index (χ4v) is 5.14. The second-order valence-corrected chi connectivity index (χ2v) is 12.8. The van der Waals surface area contributed by atoms with E-state index in [2.05, 4.69) is 21.2 Å². The molecule has 3 aromatic carbocycles. The molecule has 0 spiro atoms. The summed E-state index contributed by atoms with van der Waals surface area (Å²) in [4.78, 5) is 27.9. The van der Waals surface area contributed by atoms with Crippen molar-refractivity contribution in [3.63, 3.8) is 0 Å². The van der Waals surface area contributed by atoms with Crippen LogP contribution in [0.25, 0.3) is 10.8 Å². The summed E-state index contributed by atoms with van der Waals surface area (Å²) in [5.41, 5.74) is 0.343. The molecule has 0 unspecified atom stereocenters. The minimum Gasteiger partial charge on any atom is -0.350 e. The molecule has 2 amide bonds. The Bertz CT molecular complexity index is 1350. The van der Waals surface area contributed by atoms with E-state index in [1.54, 1.807) is 19.1 Å². The van der Waals surface area contributed by atoms with Crippen LogP contribution < -0.4 is 5.32 Å². The minimum atomic E-state index is -3.93. The molecule has 1 N–H and O–H groups in total. The highest BCUT2D eigenvalue weighted by Gasteiger charge is 2.31. The molecule has 0 aliphatic heterocycles. The Kier molecular flexibility index (Phi) is 8.59. The number of hydrogen-bond acceptors (Lipinski definition) is 4. The Morgan fingerprint density at radius 2 is 1.58 bits per heavy atom. The van der Waals surface area contributed by atoms with Crippen molar-refractivity contribution in [2.45, 2.75) is 50.7 Å². The van der Waals surface area contributed by atoms with Crippen LogP contribution >= 0.6 is 15.9 Å². The molecule has 3 aromatic rings. The molecule has 0 fully saturated rings. The summed E-state index contributed by atoms with van der Waals surface area (Å²) in [6, 6.07) is 19.0. The second kappa shape index (κ2) is 11.1. The van der Waals surface area contributed by atoms with Gasteiger partial charge in [-0.3, -0.25) is 9.59 Å². The normalized spacial score (nSPS) is 13.0. The quantitative estimate of drug-likeness (QED) is 0.428. The average molecular weight is 575 g/mol. The lowest BCUT2D eigenvalue weighted by molar-refractivity contribution is -0.141. The van der Waals surface area contributed by atoms with Gasteiger partial charge in [0.15, 0.2) is 0 Å². The Labute approximate surface area is 221 Å². The van der Waals surface area contributed by atoms with Gasteiger partial charge in [0.2, 0.25) is 21.8 Å². The molecule has 9 heteroatoms. The standard InChI is InChI=1S/C27H32BrN3O4S/c1-19(26(33)29-27(2,3)4)31(17-20-10-13-23(28)14-11-20)25(32)18-30(5)36(34,35)24-15-12-21-8-6-7-9-22(21)16-24/h6-16,19H,17-18H2,1-5H3,(H,29,33)/t19-/m1/s1. The molecule has 36 heavy (non-hydrogen) atoms. The monoisotopic (exact) mass is 573 g/mol. The molecule has 0 bridgehead atoms. The van der Waals surface area contributed by atoms with Crippen LogP contribution in [-0.4, -0.2) is 54.6 Å². The maximum Gasteiger partial charge on any atom is 0.243 e. The van der Waals surface area contributed by atoms with Gasteiger partial charge >= 0.3 is 0 Å². The maximum atomic E-state index is 13.5. The van der Waals surface area contributed by atoms with Crippen LogP contribution in [0, 0.1) is 0 Å². The van der Waals surface area contributed by atoms with Crippen LogP contribution in [0.2, 0.25) is 0 Å². The number of halogens is 1. The van der Waals surface area contributed by atoms with Gasteiger partial charge in [-0.1, -0.05) is 58.4 Å². The van der Waals surface area contributed by atoms with E-state index in [0.29, 0.717) is 0 Å². The van der Waals surface area contributed by atoms with E-state index in [1.807, 2.05) is 69.3 Å². The van der Waals surface area contributed by atoms with E-state index in [-0.39, 0.29) is 17.3 Å². The van der Waals surface area contributed by atoms with Crippen molar-refractivity contribution in [2.75, 3.05) is 13.6 Å². The fraction of sp³-hybridized carbons (Fsp3) is 0.333. The van der Waals surface area contributed by atoms with Gasteiger partial charge in [0, 0.05) is 23.6 Å². The van der Waals surface area contributed by atoms with E-state index in [4.69, 9.17) is 0 Å². The third-order valence-electron chi connectivity index (χ3n) is 5.72. The van der Waals surface area contributed by atoms with E-state index >= 15 is 0 Å². The smallest absolute Gasteiger partial charge is 0.243 e. The molecule has 0 aliphatic carbocycles. The highest BCUT2D eigenvalue weighted by atomic mass is 79.9. The summed E-state index contributed by atoms with van der Waals surface area (Å²) in [6.45, 7) is 7.00. The Balaban J connectivity index is 1.85. The summed E-state index contributed by atoms with van der Waals surface area (Å²) in [6.07, 6.45) is 0. The van der Waals surface area contributed by atoms with Gasteiger partial charge in [0.05, 0.1) is 11.4 Å². The van der Waals surface area contributed by atoms with Gasteiger partial charge < -0.3 is 10.2 Å². The number of nitrogens with one attached hydrogen (secondary N) is 1. The second-order valence-electron chi connectivity index (χ2n) is 9.83. The first-order chi connectivity index (χ1) is 16.8. The van der Waals surface area contributed by atoms with Gasteiger partial charge in [0.25, 0.3) is 0 Å². The van der Waals surface area contributed by atoms with Gasteiger partial charge in [-0.05, 0) is 68.3 Å². The highest BCUT2D eigenvalue weighted by molar-refractivity contribution is 9.10. The molecule has 192 valence electrons. The number of carbonyl (C=O) groups is 2. The lowest BCUT2D eigenvalue weighted by Crippen LogP contribution is -2.54. The Hall–Kier alpha value is -2.75. The number of fused-ring (bicyclic) bond motifs is 1. The zero-order valence-corrected chi connectivity index (χ0v) is 23.6. The van der Waals surface area contributed by atoms with Crippen LogP contribution in [0.4, 0.5) is 0 Å². The fourth-order valence-electron chi connectivity index (χ4n) is 3.72. The lowest BCUT2D eigenvalue weighted by atomic mass is 10.1. The molecule has 0 radical (unpaired) electrons. The first-order valence-electron chi connectivity index (χ1n) is 11.6. The van der Waals surface area contributed by atoms with Gasteiger partial charge in [-0.25, -0.2) is 8.42 Å². The molecule has 0 aromatic heterocycles. The van der Waals surface area contributed by atoms with Gasteiger partial charge in [-0.15, -0.1) is 0 Å². The van der Waals surface area contributed by atoms with E-state index < -0.39 is 34.1 Å². The lowest BCUT2D eigenvalue weighted by Gasteiger charge is -2.32. The topological polar surface area (TPSA) is 86.8 Å². The van der Waals surface area contributed by atoms with Gasteiger partial charge in [-0.2, -0.15) is 4.31 Å². The van der Waals surface area contributed by atoms with Crippen LogP contribution in [0.1, 0.15) is 33.3 Å². The molecular weight excluding hydrogens is 542 g/mol. The van der Waals surface area contributed by atoms with Crippen molar-refractivity contribution < 1.29 is 18.0 Å². The van der Waals surface area contributed by atoms with Crippen molar-refractivity contribution >= 4 is 48.5 Å². The Morgan fingerprint density at radius 1 is 0.972 bits per heavy atom. The maximum absolute atomic E-state index is 13.5. The molecule has 0 saturated heterocycles. The molecule has 1 atom stereocenters. The number of rotatable bonds is 8. The number of amides is 2. The van der Waals surface area contributed by atoms with E-state index in [9.17, 15) is 18.0 Å². The number of sulfonamides is 1. The van der Waals surface area contributed by atoms with Gasteiger partial charge in [0.1, 0.15) is 6.04 Å². The largest absolute Gasteiger partial charge is 0.350 e. The third kappa shape index (κ3) is 6.93.